The van der Waals surface area contributed by atoms with Crippen molar-refractivity contribution in [3.05, 3.63) is 26.6 Å². The van der Waals surface area contributed by atoms with Crippen molar-refractivity contribution in [2.24, 2.45) is 5.14 Å². The van der Waals surface area contributed by atoms with Gasteiger partial charge in [-0.15, -0.1) is 0 Å². The van der Waals surface area contributed by atoms with Gasteiger partial charge in [-0.25, -0.2) is 22.3 Å². The Morgan fingerprint density at radius 2 is 1.71 bits per heavy atom. The first-order chi connectivity index (χ1) is 6.25. The standard InChI is InChI=1S/C6H3Br2F2NO2S/c7-2-1-3(14(11,12)13)4(8)6(10)5(2)9/h1H,(H2,11,12,13). The van der Waals surface area contributed by atoms with E-state index in [1.165, 1.54) is 0 Å². The highest BCUT2D eigenvalue weighted by atomic mass is 79.9. The van der Waals surface area contributed by atoms with Gasteiger partial charge in [0, 0.05) is 0 Å². The largest absolute Gasteiger partial charge is 0.239 e. The lowest BCUT2D eigenvalue weighted by molar-refractivity contribution is 0.494. The maximum Gasteiger partial charge on any atom is 0.239 e. The molecular formula is C6H3Br2F2NO2S. The van der Waals surface area contributed by atoms with Crippen LogP contribution in [0, 0.1) is 11.6 Å². The summed E-state index contributed by atoms with van der Waals surface area (Å²) in [5.74, 6) is -2.48. The minimum atomic E-state index is -4.08. The molecule has 1 rings (SSSR count). The van der Waals surface area contributed by atoms with Crippen LogP contribution >= 0.6 is 31.9 Å². The second kappa shape index (κ2) is 3.84. The molecule has 0 fully saturated rings. The van der Waals surface area contributed by atoms with Crippen LogP contribution in [0.15, 0.2) is 19.9 Å². The van der Waals surface area contributed by atoms with Crippen molar-refractivity contribution >= 4 is 41.9 Å². The zero-order valence-corrected chi connectivity index (χ0v) is 10.4. The minimum absolute atomic E-state index is 0.303. The summed E-state index contributed by atoms with van der Waals surface area (Å²) in [5, 5.41) is 4.78. The zero-order valence-electron chi connectivity index (χ0n) is 6.39. The molecule has 8 heteroatoms. The molecule has 0 unspecified atom stereocenters. The number of hydrogen-bond acceptors (Lipinski definition) is 2. The van der Waals surface area contributed by atoms with E-state index in [1.54, 1.807) is 0 Å². The lowest BCUT2D eigenvalue weighted by atomic mass is 10.3. The van der Waals surface area contributed by atoms with Crippen LogP contribution in [-0.2, 0) is 10.0 Å². The van der Waals surface area contributed by atoms with Crippen LogP contribution < -0.4 is 5.14 Å². The summed E-state index contributed by atoms with van der Waals surface area (Å²) in [6.07, 6.45) is 0. The smallest absolute Gasteiger partial charge is 0.225 e. The Hall–Kier alpha value is -0.0500. The average Bonchev–Trinajstić information content (AvgIpc) is 2.06. The van der Waals surface area contributed by atoms with E-state index < -0.39 is 31.0 Å². The summed E-state index contributed by atoms with van der Waals surface area (Å²) in [7, 11) is -4.08. The molecule has 0 spiro atoms. The predicted octanol–water partition coefficient (Wildman–Crippen LogP) is 2.14. The lowest BCUT2D eigenvalue weighted by Gasteiger charge is -2.05. The fraction of sp³-hybridized carbons (Fsp3) is 0. The molecule has 0 amide bonds. The number of hydrogen-bond donors (Lipinski definition) is 1. The second-order valence-corrected chi connectivity index (χ2v) is 5.52. The molecule has 14 heavy (non-hydrogen) atoms. The van der Waals surface area contributed by atoms with E-state index in [0.717, 1.165) is 6.07 Å². The van der Waals surface area contributed by atoms with Crippen LogP contribution in [0.4, 0.5) is 8.78 Å². The van der Waals surface area contributed by atoms with Gasteiger partial charge in [0.15, 0.2) is 11.6 Å². The van der Waals surface area contributed by atoms with E-state index in [2.05, 4.69) is 31.9 Å². The molecular weight excluding hydrogens is 348 g/mol. The predicted molar refractivity (Wildman–Crippen MR) is 53.1 cm³/mol. The van der Waals surface area contributed by atoms with Crippen molar-refractivity contribution in [1.82, 2.24) is 0 Å². The van der Waals surface area contributed by atoms with Gasteiger partial charge < -0.3 is 0 Å². The summed E-state index contributed by atoms with van der Waals surface area (Å²) in [5.41, 5.74) is 0. The number of nitrogens with two attached hydrogens (primary N) is 1. The highest BCUT2D eigenvalue weighted by Gasteiger charge is 2.21. The van der Waals surface area contributed by atoms with Crippen LogP contribution in [0.25, 0.3) is 0 Å². The molecule has 0 heterocycles. The topological polar surface area (TPSA) is 60.2 Å². The van der Waals surface area contributed by atoms with Crippen molar-refractivity contribution in [1.29, 1.82) is 0 Å². The first-order valence-electron chi connectivity index (χ1n) is 3.11. The Labute approximate surface area is 95.6 Å². The van der Waals surface area contributed by atoms with E-state index in [1.807, 2.05) is 0 Å². The fourth-order valence-electron chi connectivity index (χ4n) is 0.758. The SMILES string of the molecule is NS(=O)(=O)c1cc(Br)c(F)c(F)c1Br. The lowest BCUT2D eigenvalue weighted by Crippen LogP contribution is -2.14. The van der Waals surface area contributed by atoms with Crippen LogP contribution in [0.5, 0.6) is 0 Å². The Kier molecular flexibility index (Phi) is 3.30. The summed E-state index contributed by atoms with van der Waals surface area (Å²) < 4.78 is 46.9. The quantitative estimate of drug-likeness (QED) is 0.623. The molecule has 1 aromatic rings. The number of primary sulfonamides is 1. The van der Waals surface area contributed by atoms with Crippen molar-refractivity contribution in [2.45, 2.75) is 4.90 Å². The van der Waals surface area contributed by atoms with Crippen molar-refractivity contribution < 1.29 is 17.2 Å². The number of sulfonamides is 1. The molecule has 2 N–H and O–H groups in total. The Morgan fingerprint density at radius 3 is 2.14 bits per heavy atom. The summed E-state index contributed by atoms with van der Waals surface area (Å²) in [4.78, 5) is -0.511. The number of benzene rings is 1. The third-order valence-electron chi connectivity index (χ3n) is 1.38. The molecule has 0 aliphatic heterocycles. The van der Waals surface area contributed by atoms with Crippen molar-refractivity contribution in [3.63, 3.8) is 0 Å². The van der Waals surface area contributed by atoms with E-state index in [4.69, 9.17) is 5.14 Å². The van der Waals surface area contributed by atoms with Crippen molar-refractivity contribution in [3.8, 4) is 0 Å². The normalized spacial score (nSPS) is 11.8. The molecule has 0 aliphatic rings. The second-order valence-electron chi connectivity index (χ2n) is 2.34. The van der Waals surface area contributed by atoms with E-state index in [9.17, 15) is 17.2 Å². The van der Waals surface area contributed by atoms with Gasteiger partial charge in [-0.1, -0.05) is 0 Å². The van der Waals surface area contributed by atoms with Crippen LogP contribution in [0.3, 0.4) is 0 Å². The molecule has 78 valence electrons. The monoisotopic (exact) mass is 349 g/mol. The Morgan fingerprint density at radius 1 is 1.21 bits per heavy atom. The molecule has 0 bridgehead atoms. The molecule has 0 aromatic heterocycles. The van der Waals surface area contributed by atoms with Gasteiger partial charge in [-0.2, -0.15) is 0 Å². The number of halogens is 4. The summed E-state index contributed by atoms with van der Waals surface area (Å²) in [6.45, 7) is 0. The first kappa shape index (κ1) is 12.0. The third-order valence-corrected chi connectivity index (χ3v) is 3.93. The maximum absolute atomic E-state index is 13.0. The summed E-state index contributed by atoms with van der Waals surface area (Å²) >= 11 is 5.27. The highest BCUT2D eigenvalue weighted by molar-refractivity contribution is 9.11. The van der Waals surface area contributed by atoms with Gasteiger partial charge in [-0.3, -0.25) is 0 Å². The molecule has 0 saturated carbocycles. The fourth-order valence-corrected chi connectivity index (χ4v) is 2.90. The van der Waals surface area contributed by atoms with E-state index in [0.29, 0.717) is 0 Å². The molecule has 0 saturated heterocycles. The van der Waals surface area contributed by atoms with Gasteiger partial charge in [0.2, 0.25) is 10.0 Å². The van der Waals surface area contributed by atoms with Gasteiger partial charge in [0.05, 0.1) is 8.95 Å². The van der Waals surface area contributed by atoms with Gasteiger partial charge >= 0.3 is 0 Å². The minimum Gasteiger partial charge on any atom is -0.225 e. The van der Waals surface area contributed by atoms with Gasteiger partial charge in [0.1, 0.15) is 4.90 Å². The Bertz CT molecular complexity index is 489. The van der Waals surface area contributed by atoms with Crippen LogP contribution in [-0.4, -0.2) is 8.42 Å². The molecule has 0 aliphatic carbocycles. The first-order valence-corrected chi connectivity index (χ1v) is 6.24. The third kappa shape index (κ3) is 2.13. The number of rotatable bonds is 1. The zero-order chi connectivity index (χ0) is 11.1. The van der Waals surface area contributed by atoms with E-state index in [-0.39, 0.29) is 4.47 Å². The molecule has 1 aromatic carbocycles. The van der Waals surface area contributed by atoms with Crippen molar-refractivity contribution in [2.75, 3.05) is 0 Å². The average molecular weight is 351 g/mol. The molecule has 0 radical (unpaired) electrons. The van der Waals surface area contributed by atoms with Crippen LogP contribution in [0.2, 0.25) is 0 Å². The van der Waals surface area contributed by atoms with Gasteiger partial charge in [0.25, 0.3) is 0 Å². The van der Waals surface area contributed by atoms with E-state index >= 15 is 0 Å². The van der Waals surface area contributed by atoms with Crippen LogP contribution in [0.1, 0.15) is 0 Å². The van der Waals surface area contributed by atoms with Gasteiger partial charge in [-0.05, 0) is 37.9 Å². The Balaban J connectivity index is 3.66. The molecule has 0 atom stereocenters. The highest BCUT2D eigenvalue weighted by Crippen LogP contribution is 2.30. The summed E-state index contributed by atoms with van der Waals surface area (Å²) in [6, 6.07) is 0.887. The molecule has 3 nitrogen and oxygen atoms in total. The maximum atomic E-state index is 13.0.